The first kappa shape index (κ1) is 19.3. The number of rotatable bonds is 7. The monoisotopic (exact) mass is 380 g/mol. The molecule has 1 aliphatic rings. The predicted molar refractivity (Wildman–Crippen MR) is 100 cm³/mol. The number of fused-ring (bicyclic) bond motifs is 1. The lowest BCUT2D eigenvalue weighted by molar-refractivity contribution is -0.144. The third-order valence-corrected chi connectivity index (χ3v) is 4.41. The molecule has 1 heterocycles. The highest BCUT2D eigenvalue weighted by atomic mass is 16.5. The number of benzene rings is 2. The summed E-state index contributed by atoms with van der Waals surface area (Å²) in [5.74, 6) is -1.57. The Kier molecular flexibility index (Phi) is 5.84. The number of carbonyl (C=O) groups excluding carboxylic acids is 4. The number of ether oxygens (including phenoxy) is 1. The number of hydrogen-bond acceptors (Lipinski definition) is 5. The lowest BCUT2D eigenvalue weighted by Gasteiger charge is -2.18. The molecule has 28 heavy (non-hydrogen) atoms. The van der Waals surface area contributed by atoms with Crippen LogP contribution in [0.3, 0.4) is 0 Å². The van der Waals surface area contributed by atoms with Crippen LogP contribution in [-0.4, -0.2) is 41.7 Å². The molecule has 1 N–H and O–H groups in total. The van der Waals surface area contributed by atoms with Gasteiger partial charge in [-0.3, -0.25) is 24.1 Å². The fraction of sp³-hybridized carbons (Fsp3) is 0.238. The number of nitrogens with zero attached hydrogens (tertiary/aromatic N) is 1. The molecule has 1 atom stereocenters. The van der Waals surface area contributed by atoms with Gasteiger partial charge in [0, 0.05) is 6.92 Å². The van der Waals surface area contributed by atoms with Crippen molar-refractivity contribution in [2.45, 2.75) is 19.4 Å². The van der Waals surface area contributed by atoms with Crippen LogP contribution in [0.25, 0.3) is 0 Å². The van der Waals surface area contributed by atoms with Crippen LogP contribution in [0.2, 0.25) is 0 Å². The van der Waals surface area contributed by atoms with Gasteiger partial charge < -0.3 is 10.1 Å². The zero-order chi connectivity index (χ0) is 20.1. The van der Waals surface area contributed by atoms with Gasteiger partial charge in [0.1, 0.15) is 6.61 Å². The van der Waals surface area contributed by atoms with Crippen molar-refractivity contribution in [2.24, 2.45) is 0 Å². The number of imide groups is 1. The lowest BCUT2D eigenvalue weighted by Crippen LogP contribution is -2.34. The molecule has 3 rings (SSSR count). The lowest BCUT2D eigenvalue weighted by atomic mass is 10.0. The zero-order valence-corrected chi connectivity index (χ0v) is 15.4. The predicted octanol–water partition coefficient (Wildman–Crippen LogP) is 2.09. The van der Waals surface area contributed by atoms with E-state index in [2.05, 4.69) is 5.32 Å². The van der Waals surface area contributed by atoms with Crippen LogP contribution in [0.4, 0.5) is 0 Å². The Labute approximate surface area is 162 Å². The van der Waals surface area contributed by atoms with Crippen molar-refractivity contribution < 1.29 is 23.9 Å². The summed E-state index contributed by atoms with van der Waals surface area (Å²) in [4.78, 5) is 49.3. The first-order valence-electron chi connectivity index (χ1n) is 8.90. The summed E-state index contributed by atoms with van der Waals surface area (Å²) < 4.78 is 5.20. The van der Waals surface area contributed by atoms with Crippen molar-refractivity contribution in [2.75, 3.05) is 13.2 Å². The number of amides is 3. The molecule has 2 aromatic rings. The molecule has 7 nitrogen and oxygen atoms in total. The van der Waals surface area contributed by atoms with Crippen LogP contribution < -0.4 is 5.32 Å². The summed E-state index contributed by atoms with van der Waals surface area (Å²) >= 11 is 0. The minimum atomic E-state index is -0.529. The van der Waals surface area contributed by atoms with Gasteiger partial charge in [-0.15, -0.1) is 0 Å². The summed E-state index contributed by atoms with van der Waals surface area (Å²) in [6.45, 7) is 1.25. The molecule has 7 heteroatoms. The van der Waals surface area contributed by atoms with Crippen molar-refractivity contribution in [3.8, 4) is 0 Å². The molecular weight excluding hydrogens is 360 g/mol. The van der Waals surface area contributed by atoms with Gasteiger partial charge in [0.05, 0.1) is 30.1 Å². The fourth-order valence-corrected chi connectivity index (χ4v) is 3.10. The van der Waals surface area contributed by atoms with Crippen molar-refractivity contribution in [1.82, 2.24) is 10.2 Å². The second-order valence-electron chi connectivity index (χ2n) is 6.40. The highest BCUT2D eigenvalue weighted by Gasteiger charge is 2.34. The average Bonchev–Trinajstić information content (AvgIpc) is 2.93. The van der Waals surface area contributed by atoms with E-state index in [-0.39, 0.29) is 25.5 Å². The molecule has 0 aliphatic carbocycles. The minimum absolute atomic E-state index is 0.0196. The van der Waals surface area contributed by atoms with Crippen LogP contribution in [0.1, 0.15) is 45.7 Å². The maximum atomic E-state index is 12.3. The number of esters is 1. The molecule has 0 unspecified atom stereocenters. The van der Waals surface area contributed by atoms with E-state index in [1.54, 1.807) is 24.3 Å². The van der Waals surface area contributed by atoms with Gasteiger partial charge in [-0.05, 0) is 17.7 Å². The van der Waals surface area contributed by atoms with E-state index in [1.807, 2.05) is 30.3 Å². The summed E-state index contributed by atoms with van der Waals surface area (Å²) in [6, 6.07) is 15.2. The van der Waals surface area contributed by atoms with Gasteiger partial charge in [-0.25, -0.2) is 0 Å². The minimum Gasteiger partial charge on any atom is -0.464 e. The Morgan fingerprint density at radius 1 is 0.964 bits per heavy atom. The summed E-state index contributed by atoms with van der Waals surface area (Å²) in [5, 5.41) is 2.73. The Hall–Kier alpha value is -3.48. The highest BCUT2D eigenvalue weighted by Crippen LogP contribution is 2.22. The molecule has 3 amide bonds. The van der Waals surface area contributed by atoms with Gasteiger partial charge in [-0.1, -0.05) is 42.5 Å². The largest absolute Gasteiger partial charge is 0.464 e. The van der Waals surface area contributed by atoms with Crippen molar-refractivity contribution in [1.29, 1.82) is 0 Å². The molecule has 0 spiro atoms. The summed E-state index contributed by atoms with van der Waals surface area (Å²) in [7, 11) is 0. The number of nitrogens with one attached hydrogen (secondary N) is 1. The van der Waals surface area contributed by atoms with E-state index < -0.39 is 23.8 Å². The van der Waals surface area contributed by atoms with Gasteiger partial charge >= 0.3 is 5.97 Å². The Morgan fingerprint density at radius 3 is 2.11 bits per heavy atom. The normalized spacial score (nSPS) is 13.8. The first-order valence-corrected chi connectivity index (χ1v) is 8.90. The molecule has 1 aliphatic heterocycles. The third kappa shape index (κ3) is 4.25. The standard InChI is InChI=1S/C21H20N2O5/c1-14(24)22-18(15-7-3-2-4-8-15)13-19(25)28-12-11-23-20(26)16-9-5-6-10-17(16)21(23)27/h2-10,18H,11-13H2,1H3,(H,22,24)/t18-/m1/s1. The van der Waals surface area contributed by atoms with Crippen LogP contribution in [-0.2, 0) is 14.3 Å². The first-order chi connectivity index (χ1) is 13.5. The second-order valence-corrected chi connectivity index (χ2v) is 6.40. The van der Waals surface area contributed by atoms with Crippen LogP contribution in [0.15, 0.2) is 54.6 Å². The summed E-state index contributed by atoms with van der Waals surface area (Å²) in [6.07, 6.45) is -0.0499. The second kappa shape index (κ2) is 8.47. The van der Waals surface area contributed by atoms with Crippen LogP contribution >= 0.6 is 0 Å². The number of carbonyl (C=O) groups is 4. The van der Waals surface area contributed by atoms with Crippen molar-refractivity contribution >= 4 is 23.7 Å². The zero-order valence-electron chi connectivity index (χ0n) is 15.4. The SMILES string of the molecule is CC(=O)N[C@H](CC(=O)OCCN1C(=O)c2ccccc2C1=O)c1ccccc1. The molecule has 0 radical (unpaired) electrons. The Balaban J connectivity index is 1.55. The fourth-order valence-electron chi connectivity index (χ4n) is 3.10. The summed E-state index contributed by atoms with van der Waals surface area (Å²) in [5.41, 5.74) is 1.50. The van der Waals surface area contributed by atoms with Gasteiger partial charge in [0.25, 0.3) is 11.8 Å². The van der Waals surface area contributed by atoms with E-state index in [0.29, 0.717) is 11.1 Å². The smallest absolute Gasteiger partial charge is 0.308 e. The molecule has 0 saturated carbocycles. The molecule has 0 saturated heterocycles. The molecule has 0 fully saturated rings. The van der Waals surface area contributed by atoms with Crippen molar-refractivity contribution in [3.05, 3.63) is 71.3 Å². The van der Waals surface area contributed by atoms with E-state index >= 15 is 0 Å². The molecule has 2 aromatic carbocycles. The highest BCUT2D eigenvalue weighted by molar-refractivity contribution is 6.21. The molecular formula is C21H20N2O5. The maximum Gasteiger partial charge on any atom is 0.308 e. The maximum absolute atomic E-state index is 12.3. The quantitative estimate of drug-likeness (QED) is 0.587. The van der Waals surface area contributed by atoms with E-state index in [0.717, 1.165) is 10.5 Å². The van der Waals surface area contributed by atoms with E-state index in [1.165, 1.54) is 6.92 Å². The average molecular weight is 380 g/mol. The molecule has 0 bridgehead atoms. The van der Waals surface area contributed by atoms with E-state index in [4.69, 9.17) is 4.74 Å². The number of hydrogen-bond donors (Lipinski definition) is 1. The molecule has 144 valence electrons. The Bertz CT molecular complexity index is 875. The molecule has 0 aromatic heterocycles. The van der Waals surface area contributed by atoms with Crippen molar-refractivity contribution in [3.63, 3.8) is 0 Å². The van der Waals surface area contributed by atoms with Crippen LogP contribution in [0, 0.1) is 0 Å². The van der Waals surface area contributed by atoms with Crippen LogP contribution in [0.5, 0.6) is 0 Å². The van der Waals surface area contributed by atoms with Gasteiger partial charge in [0.15, 0.2) is 0 Å². The topological polar surface area (TPSA) is 92.8 Å². The van der Waals surface area contributed by atoms with Gasteiger partial charge in [-0.2, -0.15) is 0 Å². The Morgan fingerprint density at radius 2 is 1.54 bits per heavy atom. The van der Waals surface area contributed by atoms with Gasteiger partial charge in [0.2, 0.25) is 5.91 Å². The third-order valence-electron chi connectivity index (χ3n) is 4.41. The van der Waals surface area contributed by atoms with E-state index in [9.17, 15) is 19.2 Å².